The molecule has 0 heterocycles. The quantitative estimate of drug-likeness (QED) is 0.621. The van der Waals surface area contributed by atoms with Gasteiger partial charge in [0.1, 0.15) is 0 Å². The van der Waals surface area contributed by atoms with Crippen LogP contribution in [0.1, 0.15) is 18.4 Å². The van der Waals surface area contributed by atoms with E-state index in [0.717, 1.165) is 18.4 Å². The number of nitrogens with two attached hydrogens (primary N) is 1. The highest BCUT2D eigenvalue weighted by molar-refractivity contribution is 5.82. The largest absolute Gasteiger partial charge is 0.354 e. The van der Waals surface area contributed by atoms with Crippen LogP contribution in [0.4, 0.5) is 0 Å². The van der Waals surface area contributed by atoms with E-state index >= 15 is 0 Å². The fraction of sp³-hybridized carbons (Fsp3) is 0.467. The Bertz CT molecular complexity index is 457. The van der Waals surface area contributed by atoms with Gasteiger partial charge in [0.15, 0.2) is 0 Å². The van der Waals surface area contributed by atoms with Crippen molar-refractivity contribution >= 4 is 11.8 Å². The second-order valence-corrected chi connectivity index (χ2v) is 5.15. The molecule has 0 saturated heterocycles. The average molecular weight is 275 g/mol. The molecule has 0 radical (unpaired) electrons. The van der Waals surface area contributed by atoms with Crippen LogP contribution in [0.3, 0.4) is 0 Å². The van der Waals surface area contributed by atoms with E-state index in [4.69, 9.17) is 5.73 Å². The third-order valence-corrected chi connectivity index (χ3v) is 3.31. The zero-order chi connectivity index (χ0) is 14.4. The molecule has 1 fully saturated rings. The van der Waals surface area contributed by atoms with Gasteiger partial charge < -0.3 is 16.4 Å². The number of rotatable bonds is 7. The maximum absolute atomic E-state index is 11.8. The molecule has 5 nitrogen and oxygen atoms in total. The fourth-order valence-electron chi connectivity index (χ4n) is 1.95. The summed E-state index contributed by atoms with van der Waals surface area (Å²) in [5, 5.41) is 5.53. The van der Waals surface area contributed by atoms with Crippen molar-refractivity contribution < 1.29 is 9.59 Å². The molecule has 1 aromatic rings. The summed E-state index contributed by atoms with van der Waals surface area (Å²) in [5.74, 6) is 0.105. The van der Waals surface area contributed by atoms with Crippen LogP contribution in [-0.4, -0.2) is 30.9 Å². The smallest absolute Gasteiger partial charge is 0.237 e. The lowest BCUT2D eigenvalue weighted by Crippen LogP contribution is -2.44. The summed E-state index contributed by atoms with van der Waals surface area (Å²) in [6.07, 6.45) is 2.49. The molecule has 0 aromatic heterocycles. The maximum Gasteiger partial charge on any atom is 0.237 e. The normalized spacial score (nSPS) is 15.4. The minimum atomic E-state index is -0.559. The van der Waals surface area contributed by atoms with Gasteiger partial charge in [-0.05, 0) is 24.8 Å². The van der Waals surface area contributed by atoms with Gasteiger partial charge in [0.05, 0.1) is 6.04 Å². The highest BCUT2D eigenvalue weighted by atomic mass is 16.2. The van der Waals surface area contributed by atoms with E-state index in [1.54, 1.807) is 0 Å². The molecule has 1 aliphatic carbocycles. The highest BCUT2D eigenvalue weighted by Gasteiger charge is 2.29. The van der Waals surface area contributed by atoms with Gasteiger partial charge in [-0.15, -0.1) is 0 Å². The molecule has 2 amide bonds. The summed E-state index contributed by atoms with van der Waals surface area (Å²) >= 11 is 0. The molecule has 4 N–H and O–H groups in total. The van der Waals surface area contributed by atoms with Crippen LogP contribution in [0.25, 0.3) is 0 Å². The minimum absolute atomic E-state index is 0.0906. The molecule has 5 heteroatoms. The molecule has 0 aliphatic heterocycles. The Kier molecular flexibility index (Phi) is 5.12. The van der Waals surface area contributed by atoms with Crippen molar-refractivity contribution in [2.75, 3.05) is 13.1 Å². The molecule has 1 atom stereocenters. The molecular weight excluding hydrogens is 254 g/mol. The van der Waals surface area contributed by atoms with Gasteiger partial charge in [-0.3, -0.25) is 9.59 Å². The lowest BCUT2D eigenvalue weighted by Gasteiger charge is -2.12. The minimum Gasteiger partial charge on any atom is -0.354 e. The number of nitrogens with one attached hydrogen (secondary N) is 2. The first-order valence-electron chi connectivity index (χ1n) is 7.02. The van der Waals surface area contributed by atoms with Crippen LogP contribution in [0, 0.1) is 5.92 Å². The van der Waals surface area contributed by atoms with Crippen molar-refractivity contribution in [2.24, 2.45) is 11.7 Å². The zero-order valence-electron chi connectivity index (χ0n) is 11.5. The summed E-state index contributed by atoms with van der Waals surface area (Å²) in [5.41, 5.74) is 6.89. The topological polar surface area (TPSA) is 84.2 Å². The standard InChI is InChI=1S/C15H21N3O2/c16-13(10-11-4-2-1-3-5-11)15(20)18-9-8-17-14(19)12-6-7-12/h1-5,12-13H,6-10,16H2,(H,17,19)(H,18,20)/t13-/m0/s1. The first-order chi connectivity index (χ1) is 9.66. The first-order valence-corrected chi connectivity index (χ1v) is 7.02. The number of benzene rings is 1. The van der Waals surface area contributed by atoms with Crippen molar-refractivity contribution in [3.63, 3.8) is 0 Å². The van der Waals surface area contributed by atoms with E-state index in [-0.39, 0.29) is 17.7 Å². The van der Waals surface area contributed by atoms with Gasteiger partial charge in [0.2, 0.25) is 11.8 Å². The van der Waals surface area contributed by atoms with E-state index in [2.05, 4.69) is 10.6 Å². The molecule has 0 unspecified atom stereocenters. The van der Waals surface area contributed by atoms with E-state index in [9.17, 15) is 9.59 Å². The van der Waals surface area contributed by atoms with Crippen molar-refractivity contribution in [2.45, 2.75) is 25.3 Å². The fourth-order valence-corrected chi connectivity index (χ4v) is 1.95. The second-order valence-electron chi connectivity index (χ2n) is 5.15. The number of carbonyl (C=O) groups is 2. The monoisotopic (exact) mass is 275 g/mol. The molecule has 2 rings (SSSR count). The van der Waals surface area contributed by atoms with Crippen LogP contribution in [0.15, 0.2) is 30.3 Å². The average Bonchev–Trinajstić information content (AvgIpc) is 3.28. The van der Waals surface area contributed by atoms with Crippen molar-refractivity contribution in [1.82, 2.24) is 10.6 Å². The predicted octanol–water partition coefficient (Wildman–Crippen LogP) is 0.199. The molecule has 0 bridgehead atoms. The summed E-state index contributed by atoms with van der Waals surface area (Å²) in [7, 11) is 0. The van der Waals surface area contributed by atoms with Gasteiger partial charge in [-0.25, -0.2) is 0 Å². The van der Waals surface area contributed by atoms with Crippen molar-refractivity contribution in [3.05, 3.63) is 35.9 Å². The van der Waals surface area contributed by atoms with Crippen LogP contribution in [-0.2, 0) is 16.0 Å². The number of carbonyl (C=O) groups excluding carboxylic acids is 2. The summed E-state index contributed by atoms with van der Waals surface area (Å²) in [6.45, 7) is 0.874. The second kappa shape index (κ2) is 7.05. The number of hydrogen-bond donors (Lipinski definition) is 3. The Morgan fingerprint density at radius 1 is 1.15 bits per heavy atom. The molecule has 108 valence electrons. The van der Waals surface area contributed by atoms with E-state index in [1.165, 1.54) is 0 Å². The Balaban J connectivity index is 1.62. The van der Waals surface area contributed by atoms with Crippen LogP contribution < -0.4 is 16.4 Å². The molecule has 1 saturated carbocycles. The van der Waals surface area contributed by atoms with E-state index < -0.39 is 6.04 Å². The lowest BCUT2D eigenvalue weighted by atomic mass is 10.1. The highest BCUT2D eigenvalue weighted by Crippen LogP contribution is 2.28. The molecule has 1 aliphatic rings. The van der Waals surface area contributed by atoms with Crippen LogP contribution in [0.2, 0.25) is 0 Å². The van der Waals surface area contributed by atoms with Gasteiger partial charge in [-0.1, -0.05) is 30.3 Å². The summed E-state index contributed by atoms with van der Waals surface area (Å²) < 4.78 is 0. The lowest BCUT2D eigenvalue weighted by molar-refractivity contribution is -0.124. The van der Waals surface area contributed by atoms with Crippen LogP contribution in [0.5, 0.6) is 0 Å². The maximum atomic E-state index is 11.8. The van der Waals surface area contributed by atoms with Gasteiger partial charge in [-0.2, -0.15) is 0 Å². The Morgan fingerprint density at radius 2 is 1.80 bits per heavy atom. The predicted molar refractivity (Wildman–Crippen MR) is 76.9 cm³/mol. The molecule has 20 heavy (non-hydrogen) atoms. The number of hydrogen-bond acceptors (Lipinski definition) is 3. The Hall–Kier alpha value is -1.88. The number of amides is 2. The third-order valence-electron chi connectivity index (χ3n) is 3.31. The molecular formula is C15H21N3O2. The van der Waals surface area contributed by atoms with Gasteiger partial charge in [0, 0.05) is 19.0 Å². The van der Waals surface area contributed by atoms with E-state index in [1.807, 2.05) is 30.3 Å². The zero-order valence-corrected chi connectivity index (χ0v) is 11.5. The SMILES string of the molecule is N[C@@H](Cc1ccccc1)C(=O)NCCNC(=O)C1CC1. The first kappa shape index (κ1) is 14.5. The van der Waals surface area contributed by atoms with Crippen molar-refractivity contribution in [3.8, 4) is 0 Å². The van der Waals surface area contributed by atoms with Crippen molar-refractivity contribution in [1.29, 1.82) is 0 Å². The molecule has 0 spiro atoms. The Labute approximate surface area is 118 Å². The summed E-state index contributed by atoms with van der Waals surface area (Å²) in [4.78, 5) is 23.2. The van der Waals surface area contributed by atoms with Gasteiger partial charge in [0.25, 0.3) is 0 Å². The molecule has 1 aromatic carbocycles. The van der Waals surface area contributed by atoms with E-state index in [0.29, 0.717) is 19.5 Å². The van der Waals surface area contributed by atoms with Crippen LogP contribution >= 0.6 is 0 Å². The third kappa shape index (κ3) is 4.66. The van der Waals surface area contributed by atoms with Gasteiger partial charge >= 0.3 is 0 Å². The summed E-state index contributed by atoms with van der Waals surface area (Å²) in [6, 6.07) is 9.11. The Morgan fingerprint density at radius 3 is 2.45 bits per heavy atom.